The lowest BCUT2D eigenvalue weighted by atomic mass is 10.1. The topological polar surface area (TPSA) is 87.7 Å². The van der Waals surface area contributed by atoms with Crippen LogP contribution in [0.15, 0.2) is 11.4 Å². The lowest BCUT2D eigenvalue weighted by molar-refractivity contribution is -0.117. The highest BCUT2D eigenvalue weighted by Crippen LogP contribution is 2.34. The van der Waals surface area contributed by atoms with Crippen molar-refractivity contribution < 1.29 is 19.1 Å². The Balaban J connectivity index is 1.76. The standard InChI is InChI=1S/C19H23N3O4S2/c1-4-26-19(25)15-11(2)16(17(24)20-3)28-18(15)21-14(23)10-22-7-5-13-12(9-22)6-8-27-13/h6,8H,4-5,7,9-10H2,1-3H3,(H,20,24)(H,21,23). The van der Waals surface area contributed by atoms with Gasteiger partial charge in [0.25, 0.3) is 5.91 Å². The summed E-state index contributed by atoms with van der Waals surface area (Å²) >= 11 is 2.84. The third-order valence-corrected chi connectivity index (χ3v) is 6.80. The van der Waals surface area contributed by atoms with Gasteiger partial charge in [0.2, 0.25) is 5.91 Å². The fraction of sp³-hybridized carbons (Fsp3) is 0.421. The van der Waals surface area contributed by atoms with Gasteiger partial charge in [-0.15, -0.1) is 22.7 Å². The van der Waals surface area contributed by atoms with Gasteiger partial charge in [0.1, 0.15) is 5.00 Å². The molecule has 2 aromatic rings. The van der Waals surface area contributed by atoms with Gasteiger partial charge in [-0.1, -0.05) is 0 Å². The summed E-state index contributed by atoms with van der Waals surface area (Å²) in [6.07, 6.45) is 0.938. The fourth-order valence-electron chi connectivity index (χ4n) is 3.19. The van der Waals surface area contributed by atoms with Gasteiger partial charge < -0.3 is 15.4 Å². The van der Waals surface area contributed by atoms with Gasteiger partial charge in [-0.05, 0) is 42.8 Å². The lowest BCUT2D eigenvalue weighted by Crippen LogP contribution is -2.36. The first-order valence-corrected chi connectivity index (χ1v) is 10.7. The predicted octanol–water partition coefficient (Wildman–Crippen LogP) is 2.65. The SMILES string of the molecule is CCOC(=O)c1c(NC(=O)CN2CCc3sccc3C2)sc(C(=O)NC)c1C. The molecule has 2 aromatic heterocycles. The van der Waals surface area contributed by atoms with Crippen LogP contribution in [0.1, 0.15) is 43.0 Å². The van der Waals surface area contributed by atoms with E-state index in [1.807, 2.05) is 0 Å². The van der Waals surface area contributed by atoms with Gasteiger partial charge in [0.05, 0.1) is 23.6 Å². The molecule has 0 spiro atoms. The van der Waals surface area contributed by atoms with E-state index < -0.39 is 5.97 Å². The van der Waals surface area contributed by atoms with Crippen LogP contribution in [0.25, 0.3) is 0 Å². The van der Waals surface area contributed by atoms with Crippen molar-refractivity contribution in [3.05, 3.63) is 37.9 Å². The minimum atomic E-state index is -0.539. The van der Waals surface area contributed by atoms with Crippen LogP contribution in [-0.4, -0.2) is 49.4 Å². The van der Waals surface area contributed by atoms with Crippen molar-refractivity contribution in [3.8, 4) is 0 Å². The third kappa shape index (κ3) is 4.26. The van der Waals surface area contributed by atoms with Crippen LogP contribution in [-0.2, 0) is 22.5 Å². The molecule has 0 radical (unpaired) electrons. The number of esters is 1. The highest BCUT2D eigenvalue weighted by Gasteiger charge is 2.27. The van der Waals surface area contributed by atoms with E-state index >= 15 is 0 Å². The highest BCUT2D eigenvalue weighted by molar-refractivity contribution is 7.18. The van der Waals surface area contributed by atoms with E-state index in [2.05, 4.69) is 27.0 Å². The van der Waals surface area contributed by atoms with Crippen molar-refractivity contribution in [2.24, 2.45) is 0 Å². The number of amides is 2. The molecule has 0 aromatic carbocycles. The van der Waals surface area contributed by atoms with Gasteiger partial charge in [-0.3, -0.25) is 14.5 Å². The van der Waals surface area contributed by atoms with Crippen molar-refractivity contribution in [3.63, 3.8) is 0 Å². The molecule has 0 unspecified atom stereocenters. The molecule has 7 nitrogen and oxygen atoms in total. The monoisotopic (exact) mass is 421 g/mol. The minimum Gasteiger partial charge on any atom is -0.462 e. The summed E-state index contributed by atoms with van der Waals surface area (Å²) in [5.41, 5.74) is 2.03. The molecule has 0 bridgehead atoms. The Kier molecular flexibility index (Phi) is 6.48. The summed E-state index contributed by atoms with van der Waals surface area (Å²) in [6.45, 7) is 5.40. The summed E-state index contributed by atoms with van der Waals surface area (Å²) in [5, 5.41) is 7.81. The van der Waals surface area contributed by atoms with E-state index in [0.717, 1.165) is 30.8 Å². The summed E-state index contributed by atoms with van der Waals surface area (Å²) in [6, 6.07) is 2.10. The number of fused-ring (bicyclic) bond motifs is 1. The maximum absolute atomic E-state index is 12.6. The first-order valence-electron chi connectivity index (χ1n) is 9.04. The Labute approximate surface area is 171 Å². The van der Waals surface area contributed by atoms with Crippen LogP contribution in [0.3, 0.4) is 0 Å². The number of carbonyl (C=O) groups excluding carboxylic acids is 3. The minimum absolute atomic E-state index is 0.214. The van der Waals surface area contributed by atoms with Gasteiger partial charge in [-0.2, -0.15) is 0 Å². The fourth-order valence-corrected chi connectivity index (χ4v) is 5.24. The molecule has 2 amide bonds. The zero-order valence-electron chi connectivity index (χ0n) is 16.1. The molecule has 28 heavy (non-hydrogen) atoms. The maximum Gasteiger partial charge on any atom is 0.341 e. The molecular formula is C19H23N3O4S2. The zero-order chi connectivity index (χ0) is 20.3. The largest absolute Gasteiger partial charge is 0.462 e. The Bertz CT molecular complexity index is 903. The summed E-state index contributed by atoms with van der Waals surface area (Å²) < 4.78 is 5.11. The second-order valence-corrected chi connectivity index (χ2v) is 8.46. The highest BCUT2D eigenvalue weighted by atomic mass is 32.1. The van der Waals surface area contributed by atoms with Crippen molar-refractivity contribution >= 4 is 45.5 Å². The molecule has 3 heterocycles. The molecule has 0 saturated heterocycles. The van der Waals surface area contributed by atoms with Gasteiger partial charge >= 0.3 is 5.97 Å². The van der Waals surface area contributed by atoms with Crippen molar-refractivity contribution in [2.75, 3.05) is 32.1 Å². The molecule has 0 fully saturated rings. The quantitative estimate of drug-likeness (QED) is 0.700. The van der Waals surface area contributed by atoms with Crippen LogP contribution < -0.4 is 10.6 Å². The van der Waals surface area contributed by atoms with Gasteiger partial charge in [-0.25, -0.2) is 4.79 Å². The molecule has 1 aliphatic rings. The Hall–Kier alpha value is -2.23. The first kappa shape index (κ1) is 20.5. The van der Waals surface area contributed by atoms with Crippen LogP contribution in [0.4, 0.5) is 5.00 Å². The Morgan fingerprint density at radius 2 is 2.11 bits per heavy atom. The first-order chi connectivity index (χ1) is 13.4. The molecule has 0 atom stereocenters. The van der Waals surface area contributed by atoms with E-state index in [1.165, 1.54) is 17.5 Å². The molecule has 3 rings (SSSR count). The average molecular weight is 422 g/mol. The Morgan fingerprint density at radius 1 is 1.32 bits per heavy atom. The third-order valence-electron chi connectivity index (χ3n) is 4.57. The number of ether oxygens (including phenoxy) is 1. The number of carbonyl (C=O) groups is 3. The predicted molar refractivity (Wildman–Crippen MR) is 110 cm³/mol. The maximum atomic E-state index is 12.6. The van der Waals surface area contributed by atoms with E-state index in [1.54, 1.807) is 25.2 Å². The van der Waals surface area contributed by atoms with Crippen molar-refractivity contribution in [2.45, 2.75) is 26.8 Å². The van der Waals surface area contributed by atoms with Gasteiger partial charge in [0, 0.05) is 25.0 Å². The second-order valence-electron chi connectivity index (χ2n) is 6.44. The molecule has 150 valence electrons. The molecule has 1 aliphatic heterocycles. The summed E-state index contributed by atoms with van der Waals surface area (Å²) in [7, 11) is 1.53. The molecule has 0 aliphatic carbocycles. The van der Waals surface area contributed by atoms with Crippen LogP contribution in [0.5, 0.6) is 0 Å². The second kappa shape index (κ2) is 8.85. The van der Waals surface area contributed by atoms with Crippen LogP contribution in [0.2, 0.25) is 0 Å². The number of anilines is 1. The van der Waals surface area contributed by atoms with E-state index in [4.69, 9.17) is 4.74 Å². The average Bonchev–Trinajstić information content (AvgIpc) is 3.25. The normalized spacial score (nSPS) is 13.7. The van der Waals surface area contributed by atoms with E-state index in [9.17, 15) is 14.4 Å². The molecule has 0 saturated carbocycles. The van der Waals surface area contributed by atoms with Crippen LogP contribution in [0, 0.1) is 6.92 Å². The summed E-state index contributed by atoms with van der Waals surface area (Å²) in [4.78, 5) is 41.0. The van der Waals surface area contributed by atoms with Crippen molar-refractivity contribution in [1.82, 2.24) is 10.2 Å². The van der Waals surface area contributed by atoms with Crippen molar-refractivity contribution in [1.29, 1.82) is 0 Å². The Morgan fingerprint density at radius 3 is 2.82 bits per heavy atom. The summed E-state index contributed by atoms with van der Waals surface area (Å²) in [5.74, 6) is -1.05. The smallest absolute Gasteiger partial charge is 0.341 e. The zero-order valence-corrected chi connectivity index (χ0v) is 17.7. The number of thiophene rings is 2. The number of nitrogens with zero attached hydrogens (tertiary/aromatic N) is 1. The number of nitrogens with one attached hydrogen (secondary N) is 2. The van der Waals surface area contributed by atoms with E-state index in [-0.39, 0.29) is 30.5 Å². The van der Waals surface area contributed by atoms with E-state index in [0.29, 0.717) is 15.4 Å². The number of rotatable bonds is 6. The molecular weight excluding hydrogens is 398 g/mol. The molecule has 9 heteroatoms. The van der Waals surface area contributed by atoms with Gasteiger partial charge in [0.15, 0.2) is 0 Å². The number of hydrogen-bond donors (Lipinski definition) is 2. The lowest BCUT2D eigenvalue weighted by Gasteiger charge is -2.26. The molecule has 2 N–H and O–H groups in total. The number of hydrogen-bond acceptors (Lipinski definition) is 7. The van der Waals surface area contributed by atoms with Crippen LogP contribution >= 0.6 is 22.7 Å².